The molecule has 0 aromatic heterocycles. The number of carbonyl (C=O) groups is 1. The van der Waals surface area contributed by atoms with Gasteiger partial charge >= 0.3 is 0 Å². The zero-order valence-corrected chi connectivity index (χ0v) is 9.18. The number of nitrogens with one attached hydrogen (secondary N) is 1. The summed E-state index contributed by atoms with van der Waals surface area (Å²) < 4.78 is 0. The summed E-state index contributed by atoms with van der Waals surface area (Å²) in [6, 6.07) is 0. The molecule has 78 valence electrons. The molecular weight excluding hydrogens is 164 g/mol. The molecule has 1 unspecified atom stereocenters. The van der Waals surface area contributed by atoms with E-state index in [1.165, 1.54) is 0 Å². The van der Waals surface area contributed by atoms with E-state index < -0.39 is 0 Å². The van der Waals surface area contributed by atoms with Crippen molar-refractivity contribution < 1.29 is 4.79 Å². The molecular formula is C10H22N2O. The van der Waals surface area contributed by atoms with Crippen molar-refractivity contribution in [3.05, 3.63) is 0 Å². The molecule has 0 rings (SSSR count). The van der Waals surface area contributed by atoms with Gasteiger partial charge < -0.3 is 11.1 Å². The summed E-state index contributed by atoms with van der Waals surface area (Å²) in [5, 5.41) is 2.94. The molecule has 0 aromatic rings. The summed E-state index contributed by atoms with van der Waals surface area (Å²) in [5.74, 6) is 0.0566. The van der Waals surface area contributed by atoms with Crippen LogP contribution in [0.2, 0.25) is 0 Å². The predicted molar refractivity (Wildman–Crippen MR) is 55.3 cm³/mol. The quantitative estimate of drug-likeness (QED) is 0.695. The van der Waals surface area contributed by atoms with Crippen LogP contribution in [0.4, 0.5) is 0 Å². The Hall–Kier alpha value is -0.570. The first-order valence-corrected chi connectivity index (χ1v) is 4.92. The standard InChI is InChI=1S/C10H22N2O/c1-5-6-8(7-11)9(13)12-10(2,3)4/h8H,5-7,11H2,1-4H3,(H,12,13). The normalized spacial score (nSPS) is 13.9. The fourth-order valence-corrected chi connectivity index (χ4v) is 1.18. The molecule has 13 heavy (non-hydrogen) atoms. The van der Waals surface area contributed by atoms with Crippen molar-refractivity contribution in [2.75, 3.05) is 6.54 Å². The SMILES string of the molecule is CCCC(CN)C(=O)NC(C)(C)C. The van der Waals surface area contributed by atoms with Gasteiger partial charge in [-0.25, -0.2) is 0 Å². The highest BCUT2D eigenvalue weighted by Gasteiger charge is 2.20. The van der Waals surface area contributed by atoms with Crippen LogP contribution in [0.15, 0.2) is 0 Å². The van der Waals surface area contributed by atoms with Gasteiger partial charge in [0, 0.05) is 12.1 Å². The van der Waals surface area contributed by atoms with Crippen molar-refractivity contribution in [2.24, 2.45) is 11.7 Å². The molecule has 0 aliphatic carbocycles. The molecule has 0 aliphatic rings. The second-order valence-corrected chi connectivity index (χ2v) is 4.46. The van der Waals surface area contributed by atoms with Gasteiger partial charge in [-0.05, 0) is 27.2 Å². The van der Waals surface area contributed by atoms with E-state index in [2.05, 4.69) is 12.2 Å². The van der Waals surface area contributed by atoms with Crippen LogP contribution in [-0.4, -0.2) is 18.0 Å². The van der Waals surface area contributed by atoms with Crippen molar-refractivity contribution in [1.29, 1.82) is 0 Å². The molecule has 0 saturated carbocycles. The molecule has 0 aromatic carbocycles. The zero-order valence-electron chi connectivity index (χ0n) is 9.18. The summed E-state index contributed by atoms with van der Waals surface area (Å²) in [4.78, 5) is 11.6. The lowest BCUT2D eigenvalue weighted by atomic mass is 10.0. The lowest BCUT2D eigenvalue weighted by Crippen LogP contribution is -2.45. The lowest BCUT2D eigenvalue weighted by Gasteiger charge is -2.24. The fraction of sp³-hybridized carbons (Fsp3) is 0.900. The van der Waals surface area contributed by atoms with E-state index in [9.17, 15) is 4.79 Å². The Morgan fingerprint density at radius 1 is 1.46 bits per heavy atom. The largest absolute Gasteiger partial charge is 0.351 e. The monoisotopic (exact) mass is 186 g/mol. The summed E-state index contributed by atoms with van der Waals surface area (Å²) in [7, 11) is 0. The van der Waals surface area contributed by atoms with E-state index in [4.69, 9.17) is 5.73 Å². The molecule has 0 radical (unpaired) electrons. The van der Waals surface area contributed by atoms with Crippen LogP contribution in [0.3, 0.4) is 0 Å². The van der Waals surface area contributed by atoms with Crippen LogP contribution in [0.1, 0.15) is 40.5 Å². The maximum Gasteiger partial charge on any atom is 0.224 e. The highest BCUT2D eigenvalue weighted by molar-refractivity contribution is 5.79. The van der Waals surface area contributed by atoms with Crippen molar-refractivity contribution >= 4 is 5.91 Å². The Bertz CT molecular complexity index is 161. The molecule has 1 atom stereocenters. The summed E-state index contributed by atoms with van der Waals surface area (Å²) in [6.45, 7) is 8.43. The third-order valence-electron chi connectivity index (χ3n) is 1.79. The average molecular weight is 186 g/mol. The maximum atomic E-state index is 11.6. The summed E-state index contributed by atoms with van der Waals surface area (Å²) in [5.41, 5.74) is 5.36. The van der Waals surface area contributed by atoms with E-state index in [-0.39, 0.29) is 17.4 Å². The molecule has 3 N–H and O–H groups in total. The van der Waals surface area contributed by atoms with E-state index in [0.717, 1.165) is 12.8 Å². The van der Waals surface area contributed by atoms with E-state index in [1.807, 2.05) is 20.8 Å². The Morgan fingerprint density at radius 2 is 2.00 bits per heavy atom. The van der Waals surface area contributed by atoms with Crippen LogP contribution in [-0.2, 0) is 4.79 Å². The molecule has 0 bridgehead atoms. The number of hydrogen-bond donors (Lipinski definition) is 2. The first-order chi connectivity index (χ1) is 5.90. The molecule has 0 spiro atoms. The Kier molecular flexibility index (Phi) is 4.99. The van der Waals surface area contributed by atoms with E-state index in [1.54, 1.807) is 0 Å². The molecule has 0 fully saturated rings. The molecule has 0 aliphatic heterocycles. The van der Waals surface area contributed by atoms with Gasteiger partial charge in [0.15, 0.2) is 0 Å². The van der Waals surface area contributed by atoms with Crippen LogP contribution in [0.25, 0.3) is 0 Å². The van der Waals surface area contributed by atoms with Crippen molar-refractivity contribution in [2.45, 2.75) is 46.1 Å². The van der Waals surface area contributed by atoms with Gasteiger partial charge in [0.2, 0.25) is 5.91 Å². The number of amides is 1. The Morgan fingerprint density at radius 3 is 2.31 bits per heavy atom. The van der Waals surface area contributed by atoms with Crippen molar-refractivity contribution in [3.8, 4) is 0 Å². The van der Waals surface area contributed by atoms with E-state index >= 15 is 0 Å². The smallest absolute Gasteiger partial charge is 0.224 e. The number of rotatable bonds is 4. The fourth-order valence-electron chi connectivity index (χ4n) is 1.18. The average Bonchev–Trinajstić information content (AvgIpc) is 1.96. The minimum absolute atomic E-state index is 0.0239. The van der Waals surface area contributed by atoms with Gasteiger partial charge in [-0.3, -0.25) is 4.79 Å². The predicted octanol–water partition coefficient (Wildman–Crippen LogP) is 1.28. The zero-order chi connectivity index (χ0) is 10.5. The van der Waals surface area contributed by atoms with Gasteiger partial charge in [0.25, 0.3) is 0 Å². The van der Waals surface area contributed by atoms with Gasteiger partial charge in [-0.15, -0.1) is 0 Å². The second kappa shape index (κ2) is 5.22. The molecule has 0 saturated heterocycles. The lowest BCUT2D eigenvalue weighted by molar-refractivity contribution is -0.126. The molecule has 0 heterocycles. The first-order valence-electron chi connectivity index (χ1n) is 4.92. The first kappa shape index (κ1) is 12.4. The Balaban J connectivity index is 4.06. The highest BCUT2D eigenvalue weighted by atomic mass is 16.2. The summed E-state index contributed by atoms with van der Waals surface area (Å²) in [6.07, 6.45) is 1.87. The molecule has 3 heteroatoms. The van der Waals surface area contributed by atoms with Gasteiger partial charge in [0.05, 0.1) is 5.92 Å². The third kappa shape index (κ3) is 5.64. The van der Waals surface area contributed by atoms with Gasteiger partial charge in [-0.2, -0.15) is 0 Å². The van der Waals surface area contributed by atoms with Crippen molar-refractivity contribution in [3.63, 3.8) is 0 Å². The third-order valence-corrected chi connectivity index (χ3v) is 1.79. The van der Waals surface area contributed by atoms with Gasteiger partial charge in [0.1, 0.15) is 0 Å². The Labute approximate surface area is 81.1 Å². The summed E-state index contributed by atoms with van der Waals surface area (Å²) >= 11 is 0. The highest BCUT2D eigenvalue weighted by Crippen LogP contribution is 2.07. The number of hydrogen-bond acceptors (Lipinski definition) is 2. The number of nitrogens with two attached hydrogens (primary N) is 1. The molecule has 3 nitrogen and oxygen atoms in total. The second-order valence-electron chi connectivity index (χ2n) is 4.46. The number of carbonyl (C=O) groups excluding carboxylic acids is 1. The van der Waals surface area contributed by atoms with Crippen LogP contribution in [0.5, 0.6) is 0 Å². The van der Waals surface area contributed by atoms with Crippen LogP contribution in [0, 0.1) is 5.92 Å². The molecule has 1 amide bonds. The van der Waals surface area contributed by atoms with E-state index in [0.29, 0.717) is 6.54 Å². The topological polar surface area (TPSA) is 55.1 Å². The minimum Gasteiger partial charge on any atom is -0.351 e. The van der Waals surface area contributed by atoms with Crippen LogP contribution < -0.4 is 11.1 Å². The van der Waals surface area contributed by atoms with Crippen LogP contribution >= 0.6 is 0 Å². The minimum atomic E-state index is -0.155. The van der Waals surface area contributed by atoms with Crippen molar-refractivity contribution in [1.82, 2.24) is 5.32 Å². The maximum absolute atomic E-state index is 11.6. The van der Waals surface area contributed by atoms with Gasteiger partial charge in [-0.1, -0.05) is 13.3 Å².